The lowest BCUT2D eigenvalue weighted by Crippen LogP contribution is -2.43. The van der Waals surface area contributed by atoms with Gasteiger partial charge in [-0.05, 0) is 12.8 Å². The van der Waals surface area contributed by atoms with Crippen LogP contribution in [0.25, 0.3) is 0 Å². The zero-order chi connectivity index (χ0) is 9.14. The first-order valence-corrected chi connectivity index (χ1v) is 4.25. The van der Waals surface area contributed by atoms with Crippen molar-refractivity contribution in [2.45, 2.75) is 32.2 Å². The SMILES string of the molecule is CCC(=O)N1CCCC1C(N)=O. The van der Waals surface area contributed by atoms with Crippen molar-refractivity contribution < 1.29 is 9.59 Å². The zero-order valence-corrected chi connectivity index (χ0v) is 7.25. The summed E-state index contributed by atoms with van der Waals surface area (Å²) in [5.74, 6) is -0.356. The number of carbonyl (C=O) groups is 2. The summed E-state index contributed by atoms with van der Waals surface area (Å²) in [7, 11) is 0. The van der Waals surface area contributed by atoms with Gasteiger partial charge in [0.25, 0.3) is 0 Å². The number of carbonyl (C=O) groups excluding carboxylic acids is 2. The Morgan fingerprint density at radius 3 is 2.75 bits per heavy atom. The van der Waals surface area contributed by atoms with E-state index < -0.39 is 0 Å². The van der Waals surface area contributed by atoms with Gasteiger partial charge in [0, 0.05) is 13.0 Å². The molecule has 0 saturated carbocycles. The molecule has 1 aliphatic heterocycles. The minimum Gasteiger partial charge on any atom is -0.368 e. The van der Waals surface area contributed by atoms with Crippen molar-refractivity contribution in [3.05, 3.63) is 0 Å². The summed E-state index contributed by atoms with van der Waals surface area (Å²) < 4.78 is 0. The summed E-state index contributed by atoms with van der Waals surface area (Å²) in [5.41, 5.74) is 5.15. The standard InChI is InChI=1S/C8H14N2O2/c1-2-7(11)10-5-3-4-6(10)8(9)12/h6H,2-5H2,1H3,(H2,9,12). The molecule has 2 N–H and O–H groups in total. The fourth-order valence-corrected chi connectivity index (χ4v) is 1.56. The van der Waals surface area contributed by atoms with Crippen molar-refractivity contribution in [3.63, 3.8) is 0 Å². The zero-order valence-electron chi connectivity index (χ0n) is 7.25. The second-order valence-corrected chi connectivity index (χ2v) is 3.00. The van der Waals surface area contributed by atoms with Gasteiger partial charge in [-0.3, -0.25) is 9.59 Å². The largest absolute Gasteiger partial charge is 0.368 e. The molecule has 0 aliphatic carbocycles. The Hall–Kier alpha value is -1.06. The molecule has 0 spiro atoms. The Balaban J connectivity index is 2.63. The molecule has 1 rings (SSSR count). The number of amides is 2. The lowest BCUT2D eigenvalue weighted by molar-refractivity contribution is -0.137. The van der Waals surface area contributed by atoms with Gasteiger partial charge >= 0.3 is 0 Å². The summed E-state index contributed by atoms with van der Waals surface area (Å²) in [6.45, 7) is 2.47. The topological polar surface area (TPSA) is 63.4 Å². The quantitative estimate of drug-likeness (QED) is 0.627. The van der Waals surface area contributed by atoms with E-state index in [1.807, 2.05) is 0 Å². The maximum atomic E-state index is 11.2. The van der Waals surface area contributed by atoms with Gasteiger partial charge in [0.05, 0.1) is 0 Å². The van der Waals surface area contributed by atoms with Crippen LogP contribution in [0.1, 0.15) is 26.2 Å². The molecule has 0 aromatic heterocycles. The molecule has 4 heteroatoms. The van der Waals surface area contributed by atoms with E-state index in [-0.39, 0.29) is 17.9 Å². The van der Waals surface area contributed by atoms with Crippen LogP contribution < -0.4 is 5.73 Å². The van der Waals surface area contributed by atoms with Gasteiger partial charge in [0.15, 0.2) is 0 Å². The van der Waals surface area contributed by atoms with Gasteiger partial charge in [-0.1, -0.05) is 6.92 Å². The number of rotatable bonds is 2. The Morgan fingerprint density at radius 1 is 1.58 bits per heavy atom. The maximum Gasteiger partial charge on any atom is 0.240 e. The third-order valence-corrected chi connectivity index (χ3v) is 2.20. The van der Waals surface area contributed by atoms with Crippen LogP contribution in [-0.4, -0.2) is 29.3 Å². The molecule has 1 unspecified atom stereocenters. The van der Waals surface area contributed by atoms with Gasteiger partial charge in [-0.15, -0.1) is 0 Å². The number of hydrogen-bond donors (Lipinski definition) is 1. The van der Waals surface area contributed by atoms with Crippen LogP contribution in [0.3, 0.4) is 0 Å². The summed E-state index contributed by atoms with van der Waals surface area (Å²) >= 11 is 0. The van der Waals surface area contributed by atoms with Crippen molar-refractivity contribution >= 4 is 11.8 Å². The molecule has 0 radical (unpaired) electrons. The van der Waals surface area contributed by atoms with Crippen molar-refractivity contribution in [3.8, 4) is 0 Å². The molecule has 1 heterocycles. The highest BCUT2D eigenvalue weighted by molar-refractivity contribution is 5.87. The number of primary amides is 1. The first-order chi connectivity index (χ1) is 5.66. The molecular weight excluding hydrogens is 156 g/mol. The van der Waals surface area contributed by atoms with E-state index in [1.54, 1.807) is 11.8 Å². The van der Waals surface area contributed by atoms with Gasteiger partial charge in [0.1, 0.15) is 6.04 Å². The Kier molecular flexibility index (Phi) is 2.68. The predicted octanol–water partition coefficient (Wildman–Crippen LogP) is -0.127. The summed E-state index contributed by atoms with van der Waals surface area (Å²) in [6.07, 6.45) is 2.06. The first-order valence-electron chi connectivity index (χ1n) is 4.25. The summed E-state index contributed by atoms with van der Waals surface area (Å²) in [6, 6.07) is -0.350. The highest BCUT2D eigenvalue weighted by atomic mass is 16.2. The first kappa shape index (κ1) is 9.03. The molecule has 68 valence electrons. The Morgan fingerprint density at radius 2 is 2.25 bits per heavy atom. The van der Waals surface area contributed by atoms with Crippen molar-refractivity contribution in [2.24, 2.45) is 5.73 Å². The molecule has 0 aromatic carbocycles. The fourth-order valence-electron chi connectivity index (χ4n) is 1.56. The molecule has 0 bridgehead atoms. The Bertz CT molecular complexity index is 203. The highest BCUT2D eigenvalue weighted by Gasteiger charge is 2.31. The van der Waals surface area contributed by atoms with Crippen molar-refractivity contribution in [2.75, 3.05) is 6.54 Å². The predicted molar refractivity (Wildman–Crippen MR) is 44.2 cm³/mol. The summed E-state index contributed by atoms with van der Waals surface area (Å²) in [4.78, 5) is 23.7. The van der Waals surface area contributed by atoms with E-state index >= 15 is 0 Å². The Labute approximate surface area is 71.7 Å². The van der Waals surface area contributed by atoms with Crippen LogP contribution in [-0.2, 0) is 9.59 Å². The van der Waals surface area contributed by atoms with E-state index in [1.165, 1.54) is 0 Å². The average molecular weight is 170 g/mol. The normalized spacial score (nSPS) is 22.8. The highest BCUT2D eigenvalue weighted by Crippen LogP contribution is 2.17. The van der Waals surface area contributed by atoms with Crippen molar-refractivity contribution in [1.29, 1.82) is 0 Å². The summed E-state index contributed by atoms with van der Waals surface area (Å²) in [5, 5.41) is 0. The molecular formula is C8H14N2O2. The van der Waals surface area contributed by atoms with Gasteiger partial charge < -0.3 is 10.6 Å². The monoisotopic (exact) mass is 170 g/mol. The second-order valence-electron chi connectivity index (χ2n) is 3.00. The van der Waals surface area contributed by atoms with Crippen LogP contribution in [0.5, 0.6) is 0 Å². The molecule has 0 aromatic rings. The maximum absolute atomic E-state index is 11.2. The van der Waals surface area contributed by atoms with E-state index in [9.17, 15) is 9.59 Å². The van der Waals surface area contributed by atoms with Crippen LogP contribution in [0, 0.1) is 0 Å². The number of nitrogens with zero attached hydrogens (tertiary/aromatic N) is 1. The average Bonchev–Trinajstić information content (AvgIpc) is 2.50. The third-order valence-electron chi connectivity index (χ3n) is 2.20. The number of nitrogens with two attached hydrogens (primary N) is 1. The van der Waals surface area contributed by atoms with Crippen LogP contribution in [0.15, 0.2) is 0 Å². The fraction of sp³-hybridized carbons (Fsp3) is 0.750. The second kappa shape index (κ2) is 3.56. The lowest BCUT2D eigenvalue weighted by Gasteiger charge is -2.21. The van der Waals surface area contributed by atoms with E-state index in [2.05, 4.69) is 0 Å². The molecule has 4 nitrogen and oxygen atoms in total. The molecule has 12 heavy (non-hydrogen) atoms. The smallest absolute Gasteiger partial charge is 0.240 e. The number of likely N-dealkylation sites (tertiary alicyclic amines) is 1. The van der Waals surface area contributed by atoms with Gasteiger partial charge in [-0.25, -0.2) is 0 Å². The van der Waals surface area contributed by atoms with Crippen molar-refractivity contribution in [1.82, 2.24) is 4.90 Å². The van der Waals surface area contributed by atoms with E-state index in [4.69, 9.17) is 5.73 Å². The molecule has 1 atom stereocenters. The van der Waals surface area contributed by atoms with E-state index in [0.717, 1.165) is 12.8 Å². The molecule has 1 saturated heterocycles. The minimum atomic E-state index is -0.380. The molecule has 2 amide bonds. The van der Waals surface area contributed by atoms with Crippen LogP contribution in [0.2, 0.25) is 0 Å². The van der Waals surface area contributed by atoms with Crippen LogP contribution in [0.4, 0.5) is 0 Å². The molecule has 1 fully saturated rings. The lowest BCUT2D eigenvalue weighted by atomic mass is 10.2. The molecule has 1 aliphatic rings. The van der Waals surface area contributed by atoms with Gasteiger partial charge in [-0.2, -0.15) is 0 Å². The minimum absolute atomic E-state index is 0.0244. The number of hydrogen-bond acceptors (Lipinski definition) is 2. The van der Waals surface area contributed by atoms with Gasteiger partial charge in [0.2, 0.25) is 11.8 Å². The van der Waals surface area contributed by atoms with Crippen LogP contribution >= 0.6 is 0 Å². The third kappa shape index (κ3) is 1.57. The van der Waals surface area contributed by atoms with E-state index in [0.29, 0.717) is 13.0 Å².